The van der Waals surface area contributed by atoms with Gasteiger partial charge in [0, 0.05) is 19.6 Å². The van der Waals surface area contributed by atoms with Crippen LogP contribution in [0.2, 0.25) is 0 Å². The maximum absolute atomic E-state index is 10.9. The zero-order valence-corrected chi connectivity index (χ0v) is 10.3. The van der Waals surface area contributed by atoms with E-state index < -0.39 is 0 Å². The predicted molar refractivity (Wildman–Crippen MR) is 62.9 cm³/mol. The molecule has 3 nitrogen and oxygen atoms in total. The molecule has 0 heterocycles. The van der Waals surface area contributed by atoms with Crippen molar-refractivity contribution in [3.63, 3.8) is 0 Å². The Morgan fingerprint density at radius 3 is 2.67 bits per heavy atom. The van der Waals surface area contributed by atoms with Crippen LogP contribution in [0, 0.1) is 0 Å². The van der Waals surface area contributed by atoms with Crippen LogP contribution in [0.5, 0.6) is 0 Å². The van der Waals surface area contributed by atoms with Gasteiger partial charge in [-0.15, -0.1) is 0 Å². The summed E-state index contributed by atoms with van der Waals surface area (Å²) in [5.41, 5.74) is 0. The highest BCUT2D eigenvalue weighted by atomic mass is 16.5. The van der Waals surface area contributed by atoms with Crippen molar-refractivity contribution in [2.45, 2.75) is 59.0 Å². The molecular formula is C12H25NO2. The molecule has 0 fully saturated rings. The molecule has 3 heteroatoms. The maximum Gasteiger partial charge on any atom is 0.219 e. The molecule has 0 rings (SSSR count). The second-order valence-electron chi connectivity index (χ2n) is 3.88. The lowest BCUT2D eigenvalue weighted by molar-refractivity contribution is -0.120. The highest BCUT2D eigenvalue weighted by molar-refractivity contribution is 5.75. The standard InChI is InChI=1S/C12H25NO2/c1-4-6-7-10-15-11(3)8-9-13-12(14)5-2/h11H,4-10H2,1-3H3,(H,13,14). The fourth-order valence-electron chi connectivity index (χ4n) is 1.26. The van der Waals surface area contributed by atoms with Crippen LogP contribution in [0.1, 0.15) is 52.9 Å². The molecule has 0 saturated heterocycles. The summed E-state index contributed by atoms with van der Waals surface area (Å²) in [5, 5.41) is 2.85. The summed E-state index contributed by atoms with van der Waals surface area (Å²) in [7, 11) is 0. The van der Waals surface area contributed by atoms with Gasteiger partial charge in [-0.1, -0.05) is 26.7 Å². The van der Waals surface area contributed by atoms with E-state index in [1.807, 2.05) is 6.92 Å². The number of ether oxygens (including phenoxy) is 1. The molecule has 0 aromatic carbocycles. The van der Waals surface area contributed by atoms with Crippen LogP contribution in [-0.2, 0) is 9.53 Å². The minimum Gasteiger partial charge on any atom is -0.378 e. The fourth-order valence-corrected chi connectivity index (χ4v) is 1.26. The normalized spacial score (nSPS) is 12.5. The molecular weight excluding hydrogens is 190 g/mol. The quantitative estimate of drug-likeness (QED) is 0.600. The van der Waals surface area contributed by atoms with Crippen molar-refractivity contribution >= 4 is 5.91 Å². The van der Waals surface area contributed by atoms with Crippen molar-refractivity contribution in [1.29, 1.82) is 0 Å². The number of unbranched alkanes of at least 4 members (excludes halogenated alkanes) is 2. The van der Waals surface area contributed by atoms with Crippen molar-refractivity contribution in [3.05, 3.63) is 0 Å². The van der Waals surface area contributed by atoms with E-state index in [1.165, 1.54) is 12.8 Å². The molecule has 90 valence electrons. The Balaban J connectivity index is 3.25. The molecule has 0 saturated carbocycles. The van der Waals surface area contributed by atoms with Crippen molar-refractivity contribution in [3.8, 4) is 0 Å². The van der Waals surface area contributed by atoms with Gasteiger partial charge in [0.2, 0.25) is 5.91 Å². The molecule has 1 amide bonds. The summed E-state index contributed by atoms with van der Waals surface area (Å²) in [6, 6.07) is 0. The number of rotatable bonds is 9. The van der Waals surface area contributed by atoms with E-state index in [1.54, 1.807) is 0 Å². The first kappa shape index (κ1) is 14.4. The Labute approximate surface area is 93.6 Å². The second kappa shape index (κ2) is 9.97. The molecule has 0 aromatic heterocycles. The summed E-state index contributed by atoms with van der Waals surface area (Å²) in [5.74, 6) is 0.119. The topological polar surface area (TPSA) is 38.3 Å². The number of hydrogen-bond donors (Lipinski definition) is 1. The summed E-state index contributed by atoms with van der Waals surface area (Å²) >= 11 is 0. The zero-order chi connectivity index (χ0) is 11.5. The highest BCUT2D eigenvalue weighted by Crippen LogP contribution is 2.00. The van der Waals surface area contributed by atoms with Gasteiger partial charge in [-0.05, 0) is 19.8 Å². The molecule has 15 heavy (non-hydrogen) atoms. The third-order valence-electron chi connectivity index (χ3n) is 2.34. The van der Waals surface area contributed by atoms with Gasteiger partial charge >= 0.3 is 0 Å². The highest BCUT2D eigenvalue weighted by Gasteiger charge is 2.02. The van der Waals surface area contributed by atoms with Crippen molar-refractivity contribution in [2.24, 2.45) is 0 Å². The van der Waals surface area contributed by atoms with E-state index >= 15 is 0 Å². The smallest absolute Gasteiger partial charge is 0.219 e. The lowest BCUT2D eigenvalue weighted by Gasteiger charge is -2.13. The molecule has 0 aliphatic heterocycles. The first-order valence-electron chi connectivity index (χ1n) is 6.09. The fraction of sp³-hybridized carbons (Fsp3) is 0.917. The van der Waals surface area contributed by atoms with E-state index in [0.29, 0.717) is 6.42 Å². The molecule has 0 aliphatic rings. The molecule has 0 bridgehead atoms. The van der Waals surface area contributed by atoms with E-state index in [-0.39, 0.29) is 12.0 Å². The minimum atomic E-state index is 0.119. The summed E-state index contributed by atoms with van der Waals surface area (Å²) in [6.45, 7) is 7.67. The SMILES string of the molecule is CCCCCOC(C)CCNC(=O)CC. The number of amides is 1. The van der Waals surface area contributed by atoms with Crippen LogP contribution >= 0.6 is 0 Å². The van der Waals surface area contributed by atoms with Gasteiger partial charge in [0.15, 0.2) is 0 Å². The van der Waals surface area contributed by atoms with Gasteiger partial charge in [0.05, 0.1) is 6.10 Å². The average molecular weight is 215 g/mol. The van der Waals surface area contributed by atoms with Gasteiger partial charge < -0.3 is 10.1 Å². The van der Waals surface area contributed by atoms with E-state index in [2.05, 4.69) is 19.2 Å². The van der Waals surface area contributed by atoms with Gasteiger partial charge in [-0.25, -0.2) is 0 Å². The Kier molecular flexibility index (Phi) is 9.59. The van der Waals surface area contributed by atoms with Crippen LogP contribution < -0.4 is 5.32 Å². The van der Waals surface area contributed by atoms with E-state index in [4.69, 9.17) is 4.74 Å². The van der Waals surface area contributed by atoms with Gasteiger partial charge in [-0.2, -0.15) is 0 Å². The van der Waals surface area contributed by atoms with Crippen LogP contribution in [0.3, 0.4) is 0 Å². The van der Waals surface area contributed by atoms with Crippen LogP contribution in [0.25, 0.3) is 0 Å². The average Bonchev–Trinajstić information content (AvgIpc) is 2.24. The lowest BCUT2D eigenvalue weighted by atomic mass is 10.2. The first-order chi connectivity index (χ1) is 7.20. The zero-order valence-electron chi connectivity index (χ0n) is 10.3. The summed E-state index contributed by atoms with van der Waals surface area (Å²) < 4.78 is 5.61. The molecule has 1 unspecified atom stereocenters. The molecule has 0 aliphatic carbocycles. The number of nitrogens with one attached hydrogen (secondary N) is 1. The minimum absolute atomic E-state index is 0.119. The second-order valence-corrected chi connectivity index (χ2v) is 3.88. The summed E-state index contributed by atoms with van der Waals surface area (Å²) in [4.78, 5) is 10.9. The Hall–Kier alpha value is -0.570. The monoisotopic (exact) mass is 215 g/mol. The van der Waals surface area contributed by atoms with E-state index in [9.17, 15) is 4.79 Å². The van der Waals surface area contributed by atoms with Crippen molar-refractivity contribution in [2.75, 3.05) is 13.2 Å². The van der Waals surface area contributed by atoms with E-state index in [0.717, 1.165) is 26.0 Å². The Bertz CT molecular complexity index is 160. The van der Waals surface area contributed by atoms with Crippen LogP contribution in [0.4, 0.5) is 0 Å². The Morgan fingerprint density at radius 2 is 2.07 bits per heavy atom. The third-order valence-corrected chi connectivity index (χ3v) is 2.34. The molecule has 0 spiro atoms. The maximum atomic E-state index is 10.9. The van der Waals surface area contributed by atoms with Crippen LogP contribution in [-0.4, -0.2) is 25.2 Å². The van der Waals surface area contributed by atoms with Gasteiger partial charge in [-0.3, -0.25) is 4.79 Å². The number of carbonyl (C=O) groups excluding carboxylic acids is 1. The Morgan fingerprint density at radius 1 is 1.33 bits per heavy atom. The third kappa shape index (κ3) is 9.73. The predicted octanol–water partition coefficient (Wildman–Crippen LogP) is 2.50. The van der Waals surface area contributed by atoms with Crippen molar-refractivity contribution < 1.29 is 9.53 Å². The molecule has 1 N–H and O–H groups in total. The number of carbonyl (C=O) groups is 1. The largest absolute Gasteiger partial charge is 0.378 e. The molecule has 1 atom stereocenters. The summed E-state index contributed by atoms with van der Waals surface area (Å²) in [6.07, 6.45) is 5.31. The van der Waals surface area contributed by atoms with Crippen molar-refractivity contribution in [1.82, 2.24) is 5.32 Å². The first-order valence-corrected chi connectivity index (χ1v) is 6.09. The van der Waals surface area contributed by atoms with Gasteiger partial charge in [0.25, 0.3) is 0 Å². The number of hydrogen-bond acceptors (Lipinski definition) is 2. The molecule has 0 radical (unpaired) electrons. The molecule has 0 aromatic rings. The van der Waals surface area contributed by atoms with Gasteiger partial charge in [0.1, 0.15) is 0 Å². The van der Waals surface area contributed by atoms with Crippen LogP contribution in [0.15, 0.2) is 0 Å². The lowest BCUT2D eigenvalue weighted by Crippen LogP contribution is -2.26.